The van der Waals surface area contributed by atoms with E-state index in [0.29, 0.717) is 5.92 Å². The van der Waals surface area contributed by atoms with Crippen molar-refractivity contribution in [1.82, 2.24) is 5.32 Å². The summed E-state index contributed by atoms with van der Waals surface area (Å²) in [7, 11) is 2.82. The van der Waals surface area contributed by atoms with Crippen molar-refractivity contribution in [2.45, 2.75) is 12.8 Å². The normalized spacial score (nSPS) is 27.1. The van der Waals surface area contributed by atoms with E-state index in [-0.39, 0.29) is 5.91 Å². The average molecular weight is 159 g/mol. The minimum Gasteiger partial charge on any atom is -0.359 e. The summed E-state index contributed by atoms with van der Waals surface area (Å²) < 4.78 is 0. The summed E-state index contributed by atoms with van der Waals surface area (Å²) in [6.45, 7) is 0. The molecule has 0 saturated carbocycles. The highest BCUT2D eigenvalue weighted by Crippen LogP contribution is 2.30. The fourth-order valence-corrected chi connectivity index (χ4v) is 2.83. The van der Waals surface area contributed by atoms with Gasteiger partial charge in [-0.05, 0) is 24.7 Å². The van der Waals surface area contributed by atoms with Gasteiger partial charge in [0.15, 0.2) is 0 Å². The van der Waals surface area contributed by atoms with E-state index in [1.54, 1.807) is 7.05 Å². The lowest BCUT2D eigenvalue weighted by Gasteiger charge is -2.05. The Bertz CT molecular complexity index is 121. The molecule has 1 saturated heterocycles. The Balaban J connectivity index is 2.17. The first kappa shape index (κ1) is 8.00. The van der Waals surface area contributed by atoms with Crippen LogP contribution < -0.4 is 5.32 Å². The van der Waals surface area contributed by atoms with E-state index in [1.165, 1.54) is 18.7 Å². The lowest BCUT2D eigenvalue weighted by molar-refractivity contribution is -0.121. The summed E-state index contributed by atoms with van der Waals surface area (Å²) in [4.78, 5) is 10.9. The molecule has 2 nitrogen and oxygen atoms in total. The van der Waals surface area contributed by atoms with E-state index in [1.807, 2.05) is 0 Å². The third-order valence-corrected chi connectivity index (χ3v) is 3.42. The molecule has 0 aromatic rings. The summed E-state index contributed by atoms with van der Waals surface area (Å²) in [5.41, 5.74) is 0. The highest BCUT2D eigenvalue weighted by molar-refractivity contribution is 7.38. The number of carbonyl (C=O) groups excluding carboxylic acids is 1. The highest BCUT2D eigenvalue weighted by atomic mass is 31.1. The van der Waals surface area contributed by atoms with Gasteiger partial charge in [0.1, 0.15) is 0 Å². The van der Waals surface area contributed by atoms with Gasteiger partial charge in [0.2, 0.25) is 5.91 Å². The monoisotopic (exact) mass is 159 g/mol. The van der Waals surface area contributed by atoms with Crippen LogP contribution in [0.2, 0.25) is 0 Å². The molecule has 1 N–H and O–H groups in total. The van der Waals surface area contributed by atoms with E-state index in [2.05, 4.69) is 5.32 Å². The molecule has 0 bridgehead atoms. The molecule has 1 amide bonds. The summed E-state index contributed by atoms with van der Waals surface area (Å²) in [6.07, 6.45) is 4.66. The van der Waals surface area contributed by atoms with Gasteiger partial charge in [-0.25, -0.2) is 0 Å². The number of amides is 1. The largest absolute Gasteiger partial charge is 0.359 e. The Labute approximate surface area is 63.5 Å². The van der Waals surface area contributed by atoms with Gasteiger partial charge in [0.25, 0.3) is 0 Å². The zero-order valence-corrected chi connectivity index (χ0v) is 7.31. The van der Waals surface area contributed by atoms with Crippen LogP contribution >= 0.6 is 8.58 Å². The lowest BCUT2D eigenvalue weighted by Crippen LogP contribution is -2.20. The standard InChI is InChI=1S/C7H14NOP/c1-8-7(9)4-6-2-3-10-5-6/h6,10H,2-5H2,1H3,(H,8,9). The molecule has 1 fully saturated rings. The third kappa shape index (κ3) is 2.26. The summed E-state index contributed by atoms with van der Waals surface area (Å²) >= 11 is 0. The van der Waals surface area contributed by atoms with Gasteiger partial charge < -0.3 is 5.32 Å². The van der Waals surface area contributed by atoms with E-state index in [9.17, 15) is 4.79 Å². The number of rotatable bonds is 2. The molecule has 0 radical (unpaired) electrons. The van der Waals surface area contributed by atoms with Crippen molar-refractivity contribution in [3.63, 3.8) is 0 Å². The maximum absolute atomic E-state index is 10.9. The van der Waals surface area contributed by atoms with Crippen LogP contribution in [0.5, 0.6) is 0 Å². The van der Waals surface area contributed by atoms with E-state index in [0.717, 1.165) is 15.0 Å². The molecule has 1 rings (SSSR count). The Morgan fingerprint density at radius 3 is 3.10 bits per heavy atom. The van der Waals surface area contributed by atoms with E-state index < -0.39 is 0 Å². The zero-order valence-electron chi connectivity index (χ0n) is 6.31. The quantitative estimate of drug-likeness (QED) is 0.594. The molecule has 58 valence electrons. The number of nitrogens with one attached hydrogen (secondary N) is 1. The fraction of sp³-hybridized carbons (Fsp3) is 0.857. The molecule has 0 aromatic carbocycles. The first-order valence-electron chi connectivity index (χ1n) is 3.74. The van der Waals surface area contributed by atoms with Crippen LogP contribution in [0.1, 0.15) is 12.8 Å². The maximum Gasteiger partial charge on any atom is 0.220 e. The van der Waals surface area contributed by atoms with Gasteiger partial charge in [-0.1, -0.05) is 0 Å². The molecular formula is C7H14NOP. The molecule has 10 heavy (non-hydrogen) atoms. The van der Waals surface area contributed by atoms with Crippen molar-refractivity contribution in [3.8, 4) is 0 Å². The molecule has 1 heterocycles. The van der Waals surface area contributed by atoms with Gasteiger partial charge in [-0.2, -0.15) is 0 Å². The summed E-state index contributed by atoms with van der Waals surface area (Å²) in [6, 6.07) is 0. The molecule has 0 aromatic heterocycles. The number of carbonyl (C=O) groups is 1. The van der Waals surface area contributed by atoms with Crippen molar-refractivity contribution in [2.24, 2.45) is 5.92 Å². The SMILES string of the molecule is CNC(=O)CC1CCPC1. The smallest absolute Gasteiger partial charge is 0.220 e. The topological polar surface area (TPSA) is 29.1 Å². The molecule has 1 aliphatic rings. The van der Waals surface area contributed by atoms with Crippen LogP contribution in [-0.4, -0.2) is 25.3 Å². The van der Waals surface area contributed by atoms with E-state index in [4.69, 9.17) is 0 Å². The molecule has 3 heteroatoms. The van der Waals surface area contributed by atoms with Crippen molar-refractivity contribution in [1.29, 1.82) is 0 Å². The van der Waals surface area contributed by atoms with Crippen LogP contribution in [0.3, 0.4) is 0 Å². The van der Waals surface area contributed by atoms with Gasteiger partial charge in [-0.3, -0.25) is 4.79 Å². The van der Waals surface area contributed by atoms with Crippen LogP contribution in [0, 0.1) is 5.92 Å². The maximum atomic E-state index is 10.9. The third-order valence-electron chi connectivity index (χ3n) is 1.92. The second-order valence-corrected chi connectivity index (χ2v) is 4.14. The van der Waals surface area contributed by atoms with Gasteiger partial charge >= 0.3 is 0 Å². The van der Waals surface area contributed by atoms with Crippen molar-refractivity contribution in [3.05, 3.63) is 0 Å². The number of hydrogen-bond donors (Lipinski definition) is 1. The average Bonchev–Trinajstić information content (AvgIpc) is 2.40. The molecule has 0 spiro atoms. The van der Waals surface area contributed by atoms with Gasteiger partial charge in [0, 0.05) is 13.5 Å². The zero-order chi connectivity index (χ0) is 7.40. The van der Waals surface area contributed by atoms with Crippen molar-refractivity contribution >= 4 is 14.5 Å². The summed E-state index contributed by atoms with van der Waals surface area (Å²) in [5, 5.41) is 2.66. The highest BCUT2D eigenvalue weighted by Gasteiger charge is 2.17. The van der Waals surface area contributed by atoms with Crippen LogP contribution in [0.25, 0.3) is 0 Å². The van der Waals surface area contributed by atoms with Crippen LogP contribution in [-0.2, 0) is 4.79 Å². The molecular weight excluding hydrogens is 145 g/mol. The first-order chi connectivity index (χ1) is 4.83. The Hall–Kier alpha value is -0.100. The number of hydrogen-bond acceptors (Lipinski definition) is 1. The lowest BCUT2D eigenvalue weighted by atomic mass is 10.1. The second kappa shape index (κ2) is 3.92. The minimum absolute atomic E-state index is 0.205. The molecule has 1 aliphatic heterocycles. The Morgan fingerprint density at radius 1 is 1.80 bits per heavy atom. The molecule has 0 aliphatic carbocycles. The molecule has 2 unspecified atom stereocenters. The van der Waals surface area contributed by atoms with E-state index >= 15 is 0 Å². The minimum atomic E-state index is 0.205. The molecule has 2 atom stereocenters. The van der Waals surface area contributed by atoms with Gasteiger partial charge in [0.05, 0.1) is 0 Å². The van der Waals surface area contributed by atoms with Crippen molar-refractivity contribution < 1.29 is 4.79 Å². The Morgan fingerprint density at radius 2 is 2.60 bits per heavy atom. The van der Waals surface area contributed by atoms with Crippen LogP contribution in [0.15, 0.2) is 0 Å². The second-order valence-electron chi connectivity index (χ2n) is 2.74. The summed E-state index contributed by atoms with van der Waals surface area (Å²) in [5.74, 6) is 0.898. The fourth-order valence-electron chi connectivity index (χ4n) is 1.25. The van der Waals surface area contributed by atoms with Crippen LogP contribution in [0.4, 0.5) is 0 Å². The van der Waals surface area contributed by atoms with Gasteiger partial charge in [-0.15, -0.1) is 8.58 Å². The predicted octanol–water partition coefficient (Wildman–Crippen LogP) is 0.821. The first-order valence-corrected chi connectivity index (χ1v) is 5.15. The predicted molar refractivity (Wildman–Crippen MR) is 44.8 cm³/mol. The van der Waals surface area contributed by atoms with Crippen molar-refractivity contribution in [2.75, 3.05) is 19.4 Å². The Kier molecular flexibility index (Phi) is 3.14.